The van der Waals surface area contributed by atoms with E-state index >= 15 is 0 Å². The van der Waals surface area contributed by atoms with Gasteiger partial charge < -0.3 is 5.32 Å². The Hall–Kier alpha value is -2.08. The lowest BCUT2D eigenvalue weighted by Gasteiger charge is -2.13. The minimum absolute atomic E-state index is 0.0881. The van der Waals surface area contributed by atoms with Crippen molar-refractivity contribution < 1.29 is 4.79 Å². The molecule has 1 aliphatic heterocycles. The third kappa shape index (κ3) is 3.00. The van der Waals surface area contributed by atoms with Crippen LogP contribution in [0.15, 0.2) is 46.5 Å². The predicted octanol–water partition coefficient (Wildman–Crippen LogP) is 2.23. The van der Waals surface area contributed by atoms with Gasteiger partial charge in [-0.3, -0.25) is 14.2 Å². The zero-order chi connectivity index (χ0) is 14.8. The molecule has 6 heteroatoms. The number of amides is 1. The van der Waals surface area contributed by atoms with Crippen LogP contribution in [0.5, 0.6) is 0 Å². The largest absolute Gasteiger partial charge is 0.326 e. The summed E-state index contributed by atoms with van der Waals surface area (Å²) in [5, 5.41) is 3.57. The average molecular weight is 301 g/mol. The number of anilines is 1. The molecule has 1 N–H and O–H groups in total. The van der Waals surface area contributed by atoms with Crippen LogP contribution in [0.2, 0.25) is 0 Å². The summed E-state index contributed by atoms with van der Waals surface area (Å²) in [5.74, 6) is 0.614. The van der Waals surface area contributed by atoms with E-state index < -0.39 is 0 Å². The monoisotopic (exact) mass is 301 g/mol. The van der Waals surface area contributed by atoms with Gasteiger partial charge in [0.2, 0.25) is 5.91 Å². The first-order chi connectivity index (χ1) is 10.1. The summed E-state index contributed by atoms with van der Waals surface area (Å²) in [6.07, 6.45) is 1.79. The molecule has 0 aliphatic carbocycles. The molecule has 0 saturated carbocycles. The first-order valence-corrected chi connectivity index (χ1v) is 7.69. The van der Waals surface area contributed by atoms with Gasteiger partial charge in [-0.15, -0.1) is 0 Å². The van der Waals surface area contributed by atoms with Gasteiger partial charge in [0.1, 0.15) is 0 Å². The molecule has 0 spiro atoms. The maximum Gasteiger partial charge on any atom is 0.254 e. The zero-order valence-corrected chi connectivity index (χ0v) is 12.4. The van der Waals surface area contributed by atoms with Gasteiger partial charge in [-0.1, -0.05) is 23.9 Å². The van der Waals surface area contributed by atoms with Crippen molar-refractivity contribution >= 4 is 23.4 Å². The number of carbonyl (C=O) groups excluding carboxylic acids is 1. The lowest BCUT2D eigenvalue weighted by Crippen LogP contribution is -2.26. The van der Waals surface area contributed by atoms with Gasteiger partial charge in [0.05, 0.1) is 6.04 Å². The highest BCUT2D eigenvalue weighted by molar-refractivity contribution is 7.99. The van der Waals surface area contributed by atoms with Crippen molar-refractivity contribution in [1.82, 2.24) is 9.55 Å². The van der Waals surface area contributed by atoms with Crippen LogP contribution in [0.3, 0.4) is 0 Å². The summed E-state index contributed by atoms with van der Waals surface area (Å²) in [6, 6.07) is 8.96. The highest BCUT2D eigenvalue weighted by Crippen LogP contribution is 2.31. The molecule has 1 atom stereocenters. The second kappa shape index (κ2) is 5.73. The van der Waals surface area contributed by atoms with Crippen molar-refractivity contribution in [2.45, 2.75) is 24.5 Å². The van der Waals surface area contributed by atoms with E-state index in [2.05, 4.69) is 10.3 Å². The molecular formula is C15H15N3O2S. The number of fused-ring (bicyclic) bond motifs is 1. The second-order valence-electron chi connectivity index (χ2n) is 5.02. The minimum atomic E-state index is -0.129. The number of benzene rings is 1. The topological polar surface area (TPSA) is 64.0 Å². The molecule has 0 fully saturated rings. The van der Waals surface area contributed by atoms with Crippen LogP contribution in [0.25, 0.3) is 0 Å². The molecule has 1 aromatic carbocycles. The van der Waals surface area contributed by atoms with Crippen molar-refractivity contribution in [3.05, 3.63) is 52.4 Å². The molecular weight excluding hydrogens is 286 g/mol. The smallest absolute Gasteiger partial charge is 0.254 e. The van der Waals surface area contributed by atoms with E-state index in [0.717, 1.165) is 11.3 Å². The van der Waals surface area contributed by atoms with Gasteiger partial charge in [-0.05, 0) is 24.6 Å². The number of rotatable bonds is 3. The van der Waals surface area contributed by atoms with Crippen LogP contribution in [-0.4, -0.2) is 21.2 Å². The molecule has 1 amide bonds. The van der Waals surface area contributed by atoms with E-state index in [1.807, 2.05) is 31.2 Å². The Labute approximate surface area is 126 Å². The van der Waals surface area contributed by atoms with Crippen LogP contribution >= 0.6 is 11.8 Å². The van der Waals surface area contributed by atoms with Crippen LogP contribution in [-0.2, 0) is 4.79 Å². The van der Waals surface area contributed by atoms with E-state index in [9.17, 15) is 9.59 Å². The summed E-state index contributed by atoms with van der Waals surface area (Å²) >= 11 is 1.51. The van der Waals surface area contributed by atoms with E-state index in [1.54, 1.807) is 4.57 Å². The van der Waals surface area contributed by atoms with Crippen LogP contribution in [0, 0.1) is 6.92 Å². The van der Waals surface area contributed by atoms with E-state index in [0.29, 0.717) is 10.9 Å². The lowest BCUT2D eigenvalue weighted by atomic mass is 10.2. The highest BCUT2D eigenvalue weighted by Gasteiger charge is 2.26. The van der Waals surface area contributed by atoms with Crippen LogP contribution in [0.4, 0.5) is 5.69 Å². The summed E-state index contributed by atoms with van der Waals surface area (Å²) < 4.78 is 1.61. The van der Waals surface area contributed by atoms with E-state index in [1.165, 1.54) is 24.0 Å². The number of hydrogen-bond acceptors (Lipinski definition) is 4. The summed E-state index contributed by atoms with van der Waals surface area (Å²) in [7, 11) is 0. The Bertz CT molecular complexity index is 742. The fraction of sp³-hybridized carbons (Fsp3) is 0.267. The Morgan fingerprint density at radius 3 is 3.14 bits per heavy atom. The van der Waals surface area contributed by atoms with E-state index in [-0.39, 0.29) is 23.9 Å². The minimum Gasteiger partial charge on any atom is -0.326 e. The fourth-order valence-electron chi connectivity index (χ4n) is 2.39. The van der Waals surface area contributed by atoms with Gasteiger partial charge in [0.15, 0.2) is 5.16 Å². The van der Waals surface area contributed by atoms with Crippen LogP contribution < -0.4 is 10.9 Å². The number of carbonyl (C=O) groups is 1. The zero-order valence-electron chi connectivity index (χ0n) is 11.6. The average Bonchev–Trinajstić information content (AvgIpc) is 2.83. The molecule has 0 saturated heterocycles. The van der Waals surface area contributed by atoms with Crippen molar-refractivity contribution in [2.24, 2.45) is 0 Å². The Kier molecular flexibility index (Phi) is 3.79. The maximum absolute atomic E-state index is 12.1. The number of hydrogen-bond donors (Lipinski definition) is 1. The molecule has 5 nitrogen and oxygen atoms in total. The van der Waals surface area contributed by atoms with Gasteiger partial charge in [-0.25, -0.2) is 4.98 Å². The Morgan fingerprint density at radius 2 is 2.33 bits per heavy atom. The van der Waals surface area contributed by atoms with Crippen molar-refractivity contribution in [3.8, 4) is 0 Å². The molecule has 2 aromatic rings. The second-order valence-corrected chi connectivity index (χ2v) is 6.01. The molecule has 1 unspecified atom stereocenters. The van der Waals surface area contributed by atoms with E-state index in [4.69, 9.17) is 0 Å². The number of aromatic nitrogens is 2. The van der Waals surface area contributed by atoms with Crippen molar-refractivity contribution in [3.63, 3.8) is 0 Å². The first-order valence-electron chi connectivity index (χ1n) is 6.70. The normalized spacial score (nSPS) is 16.5. The number of aryl methyl sites for hydroxylation is 1. The molecule has 2 heterocycles. The quantitative estimate of drug-likeness (QED) is 0.883. The SMILES string of the molecule is Cc1cccc(NC(=O)CC2CSc3nccc(=O)n32)c1. The molecule has 21 heavy (non-hydrogen) atoms. The fourth-order valence-corrected chi connectivity index (χ4v) is 3.51. The summed E-state index contributed by atoms with van der Waals surface area (Å²) in [5.41, 5.74) is 1.78. The van der Waals surface area contributed by atoms with Gasteiger partial charge in [0, 0.05) is 30.1 Å². The summed E-state index contributed by atoms with van der Waals surface area (Å²) in [4.78, 5) is 28.2. The molecule has 0 bridgehead atoms. The maximum atomic E-state index is 12.1. The predicted molar refractivity (Wildman–Crippen MR) is 82.7 cm³/mol. The van der Waals surface area contributed by atoms with Crippen molar-refractivity contribution in [2.75, 3.05) is 11.1 Å². The highest BCUT2D eigenvalue weighted by atomic mass is 32.2. The lowest BCUT2D eigenvalue weighted by molar-refractivity contribution is -0.116. The summed E-state index contributed by atoms with van der Waals surface area (Å²) in [6.45, 7) is 1.98. The number of thioether (sulfide) groups is 1. The van der Waals surface area contributed by atoms with Gasteiger partial charge >= 0.3 is 0 Å². The third-order valence-electron chi connectivity index (χ3n) is 3.34. The van der Waals surface area contributed by atoms with Gasteiger partial charge in [0.25, 0.3) is 5.56 Å². The Morgan fingerprint density at radius 1 is 1.48 bits per heavy atom. The molecule has 108 valence electrons. The third-order valence-corrected chi connectivity index (χ3v) is 4.45. The molecule has 3 rings (SSSR count). The molecule has 1 aliphatic rings. The molecule has 0 radical (unpaired) electrons. The standard InChI is InChI=1S/C15H15N3O2S/c1-10-3-2-4-11(7-10)17-13(19)8-12-9-21-15-16-6-5-14(20)18(12)15/h2-7,12H,8-9H2,1H3,(H,17,19). The Balaban J connectivity index is 1.71. The van der Waals surface area contributed by atoms with Crippen molar-refractivity contribution in [1.29, 1.82) is 0 Å². The van der Waals surface area contributed by atoms with Crippen LogP contribution in [0.1, 0.15) is 18.0 Å². The first kappa shape index (κ1) is 13.9. The number of nitrogens with one attached hydrogen (secondary N) is 1. The number of nitrogens with zero attached hydrogens (tertiary/aromatic N) is 2. The molecule has 1 aromatic heterocycles. The van der Waals surface area contributed by atoms with Gasteiger partial charge in [-0.2, -0.15) is 0 Å².